The van der Waals surface area contributed by atoms with Crippen molar-refractivity contribution >= 4 is 17.5 Å². The summed E-state index contributed by atoms with van der Waals surface area (Å²) in [4.78, 5) is 25.8. The number of benzene rings is 1. The van der Waals surface area contributed by atoms with Gasteiger partial charge < -0.3 is 15.0 Å². The third-order valence-electron chi connectivity index (χ3n) is 4.03. The van der Waals surface area contributed by atoms with Crippen molar-refractivity contribution in [3.8, 4) is 5.75 Å². The Morgan fingerprint density at radius 1 is 1.22 bits per heavy atom. The lowest BCUT2D eigenvalue weighted by molar-refractivity contribution is -0.140. The molecule has 1 aliphatic rings. The van der Waals surface area contributed by atoms with E-state index in [9.17, 15) is 9.59 Å². The van der Waals surface area contributed by atoms with Crippen LogP contribution in [0.25, 0.3) is 0 Å². The van der Waals surface area contributed by atoms with Crippen LogP contribution in [-0.4, -0.2) is 35.9 Å². The molecular formula is C18H26N2O3. The molecule has 0 unspecified atom stereocenters. The summed E-state index contributed by atoms with van der Waals surface area (Å²) >= 11 is 0. The van der Waals surface area contributed by atoms with Crippen molar-refractivity contribution in [2.45, 2.75) is 40.2 Å². The van der Waals surface area contributed by atoms with Gasteiger partial charge in [0.25, 0.3) is 5.91 Å². The van der Waals surface area contributed by atoms with Crippen molar-refractivity contribution in [3.05, 3.63) is 24.3 Å². The van der Waals surface area contributed by atoms with Crippen LogP contribution in [-0.2, 0) is 9.59 Å². The minimum absolute atomic E-state index is 0.000952. The summed E-state index contributed by atoms with van der Waals surface area (Å²) in [5, 5.41) is 2.72. The Morgan fingerprint density at radius 3 is 2.43 bits per heavy atom. The zero-order valence-electron chi connectivity index (χ0n) is 14.3. The molecule has 5 heteroatoms. The first-order valence-electron chi connectivity index (χ1n) is 8.19. The zero-order chi connectivity index (χ0) is 17.0. The van der Waals surface area contributed by atoms with Gasteiger partial charge in [-0.1, -0.05) is 26.0 Å². The van der Waals surface area contributed by atoms with Crippen molar-refractivity contribution in [2.75, 3.05) is 18.4 Å². The number of anilines is 1. The van der Waals surface area contributed by atoms with Crippen molar-refractivity contribution in [2.24, 2.45) is 11.8 Å². The molecule has 3 atom stereocenters. The standard InChI is InChI=1S/C18H26N2O3/c1-12-9-13(2)11-20(10-12)18(22)14(3)23-17-8-6-5-7-16(17)19-15(4)21/h5-8,12-14H,9-11H2,1-4H3,(H,19,21)/t12-,13-,14-/m1/s1. The summed E-state index contributed by atoms with van der Waals surface area (Å²) in [6, 6.07) is 7.16. The Hall–Kier alpha value is -2.04. The lowest BCUT2D eigenvalue weighted by atomic mass is 9.91. The number of likely N-dealkylation sites (tertiary alicyclic amines) is 1. The molecule has 0 bridgehead atoms. The number of amides is 2. The van der Waals surface area contributed by atoms with E-state index < -0.39 is 6.10 Å². The Labute approximate surface area is 138 Å². The fourth-order valence-corrected chi connectivity index (χ4v) is 3.20. The molecule has 1 fully saturated rings. The predicted octanol–water partition coefficient (Wildman–Crippen LogP) is 2.92. The van der Waals surface area contributed by atoms with E-state index in [2.05, 4.69) is 19.2 Å². The van der Waals surface area contributed by atoms with Gasteiger partial charge in [0.2, 0.25) is 5.91 Å². The molecular weight excluding hydrogens is 292 g/mol. The molecule has 126 valence electrons. The van der Waals surface area contributed by atoms with E-state index in [1.54, 1.807) is 19.1 Å². The molecule has 1 aliphatic heterocycles. The molecule has 0 saturated carbocycles. The quantitative estimate of drug-likeness (QED) is 0.928. The zero-order valence-corrected chi connectivity index (χ0v) is 14.3. The highest BCUT2D eigenvalue weighted by Crippen LogP contribution is 2.26. The Kier molecular flexibility index (Phi) is 5.64. The molecule has 1 aromatic rings. The number of carbonyl (C=O) groups is 2. The largest absolute Gasteiger partial charge is 0.479 e. The molecule has 1 N–H and O–H groups in total. The van der Waals surface area contributed by atoms with Crippen molar-refractivity contribution in [3.63, 3.8) is 0 Å². The molecule has 0 radical (unpaired) electrons. The summed E-state index contributed by atoms with van der Waals surface area (Å²) in [5.74, 6) is 1.38. The summed E-state index contributed by atoms with van der Waals surface area (Å²) < 4.78 is 5.83. The number of nitrogens with one attached hydrogen (secondary N) is 1. The lowest BCUT2D eigenvalue weighted by Gasteiger charge is -2.36. The summed E-state index contributed by atoms with van der Waals surface area (Å²) in [6.07, 6.45) is 0.576. The second kappa shape index (κ2) is 7.49. The molecule has 1 saturated heterocycles. The van der Waals surface area contributed by atoms with Gasteiger partial charge in [-0.15, -0.1) is 0 Å². The number of para-hydroxylation sites is 2. The molecule has 23 heavy (non-hydrogen) atoms. The summed E-state index contributed by atoms with van der Waals surface area (Å²) in [7, 11) is 0. The van der Waals surface area contributed by atoms with Crippen LogP contribution in [0.4, 0.5) is 5.69 Å². The highest BCUT2D eigenvalue weighted by atomic mass is 16.5. The first-order chi connectivity index (χ1) is 10.9. The van der Waals surface area contributed by atoms with Crippen molar-refractivity contribution in [1.29, 1.82) is 0 Å². The maximum absolute atomic E-state index is 12.6. The molecule has 0 aromatic heterocycles. The van der Waals surface area contributed by atoms with Crippen LogP contribution in [0, 0.1) is 11.8 Å². The molecule has 2 amide bonds. The maximum atomic E-state index is 12.6. The van der Waals surface area contributed by atoms with Gasteiger partial charge >= 0.3 is 0 Å². The molecule has 5 nitrogen and oxygen atoms in total. The molecule has 2 rings (SSSR count). The number of rotatable bonds is 4. The second-order valence-corrected chi connectivity index (χ2v) is 6.63. The number of piperidine rings is 1. The fraction of sp³-hybridized carbons (Fsp3) is 0.556. The average Bonchev–Trinajstić information content (AvgIpc) is 2.47. The molecule has 1 heterocycles. The summed E-state index contributed by atoms with van der Waals surface area (Å²) in [6.45, 7) is 9.12. The SMILES string of the molecule is CC(=O)Nc1ccccc1O[C@H](C)C(=O)N1C[C@H](C)C[C@@H](C)C1. The first-order valence-corrected chi connectivity index (χ1v) is 8.19. The van der Waals surface area contributed by atoms with E-state index in [0.717, 1.165) is 19.5 Å². The van der Waals surface area contributed by atoms with Crippen molar-refractivity contribution in [1.82, 2.24) is 4.90 Å². The number of hydrogen-bond donors (Lipinski definition) is 1. The smallest absolute Gasteiger partial charge is 0.263 e. The van der Waals surface area contributed by atoms with Crippen molar-refractivity contribution < 1.29 is 14.3 Å². The minimum Gasteiger partial charge on any atom is -0.479 e. The van der Waals surface area contributed by atoms with Gasteiger partial charge in [-0.3, -0.25) is 9.59 Å². The number of nitrogens with zero attached hydrogens (tertiary/aromatic N) is 1. The highest BCUT2D eigenvalue weighted by Gasteiger charge is 2.29. The second-order valence-electron chi connectivity index (χ2n) is 6.63. The highest BCUT2D eigenvalue weighted by molar-refractivity contribution is 5.90. The lowest BCUT2D eigenvalue weighted by Crippen LogP contribution is -2.47. The number of carbonyl (C=O) groups excluding carboxylic acids is 2. The van der Waals surface area contributed by atoms with Crippen LogP contribution < -0.4 is 10.1 Å². The van der Waals surface area contributed by atoms with Crippen LogP contribution in [0.1, 0.15) is 34.1 Å². The van der Waals surface area contributed by atoms with Gasteiger partial charge in [0.1, 0.15) is 5.75 Å². The maximum Gasteiger partial charge on any atom is 0.263 e. The predicted molar refractivity (Wildman–Crippen MR) is 90.4 cm³/mol. The van der Waals surface area contributed by atoms with Crippen LogP contribution in [0.5, 0.6) is 5.75 Å². The van der Waals surface area contributed by atoms with Gasteiger partial charge in [-0.05, 0) is 37.3 Å². The Bertz CT molecular complexity index is 563. The van der Waals surface area contributed by atoms with E-state index in [1.165, 1.54) is 6.92 Å². The van der Waals surface area contributed by atoms with Crippen LogP contribution in [0.3, 0.4) is 0 Å². The van der Waals surface area contributed by atoms with E-state index in [1.807, 2.05) is 17.0 Å². The third kappa shape index (κ3) is 4.71. The monoisotopic (exact) mass is 318 g/mol. The topological polar surface area (TPSA) is 58.6 Å². The van der Waals surface area contributed by atoms with Crippen LogP contribution in [0.15, 0.2) is 24.3 Å². The van der Waals surface area contributed by atoms with Gasteiger partial charge in [-0.25, -0.2) is 0 Å². The first kappa shape index (κ1) is 17.3. The average molecular weight is 318 g/mol. The fourth-order valence-electron chi connectivity index (χ4n) is 3.20. The number of hydrogen-bond acceptors (Lipinski definition) is 3. The van der Waals surface area contributed by atoms with E-state index >= 15 is 0 Å². The van der Waals surface area contributed by atoms with Gasteiger partial charge in [0, 0.05) is 20.0 Å². The van der Waals surface area contributed by atoms with Gasteiger partial charge in [0.05, 0.1) is 5.69 Å². The third-order valence-corrected chi connectivity index (χ3v) is 4.03. The molecule has 0 spiro atoms. The Morgan fingerprint density at radius 2 is 1.83 bits per heavy atom. The van der Waals surface area contributed by atoms with E-state index in [4.69, 9.17) is 4.74 Å². The Balaban J connectivity index is 2.05. The van der Waals surface area contributed by atoms with Gasteiger partial charge in [0.15, 0.2) is 6.10 Å². The van der Waals surface area contributed by atoms with Crippen LogP contribution >= 0.6 is 0 Å². The minimum atomic E-state index is -0.581. The summed E-state index contributed by atoms with van der Waals surface area (Å²) in [5.41, 5.74) is 0.583. The van der Waals surface area contributed by atoms with E-state index in [0.29, 0.717) is 23.3 Å². The normalized spacial score (nSPS) is 22.3. The number of ether oxygens (including phenoxy) is 1. The molecule has 1 aromatic carbocycles. The molecule has 0 aliphatic carbocycles. The van der Waals surface area contributed by atoms with Crippen LogP contribution in [0.2, 0.25) is 0 Å². The van der Waals surface area contributed by atoms with E-state index in [-0.39, 0.29) is 11.8 Å². The van der Waals surface area contributed by atoms with Gasteiger partial charge in [-0.2, -0.15) is 0 Å².